The first-order valence-electron chi connectivity index (χ1n) is 10.2. The molecule has 6 nitrogen and oxygen atoms in total. The van der Waals surface area contributed by atoms with Crippen LogP contribution in [0, 0.1) is 19.8 Å². The number of carbonyl (C=O) groups excluding carboxylic acids is 1. The van der Waals surface area contributed by atoms with E-state index < -0.39 is 0 Å². The lowest BCUT2D eigenvalue weighted by Gasteiger charge is -2.42. The normalized spacial score (nSPS) is 25.3. The summed E-state index contributed by atoms with van der Waals surface area (Å²) in [7, 11) is 0. The van der Waals surface area contributed by atoms with Crippen LogP contribution in [-0.2, 0) is 4.79 Å². The molecule has 1 aromatic heterocycles. The first-order chi connectivity index (χ1) is 12.6. The summed E-state index contributed by atoms with van der Waals surface area (Å²) in [5.41, 5.74) is 1.16. The highest BCUT2D eigenvalue weighted by molar-refractivity contribution is 5.79. The lowest BCUT2D eigenvalue weighted by Crippen LogP contribution is -2.51. The molecule has 0 aromatic carbocycles. The molecule has 1 aromatic rings. The number of amides is 1. The van der Waals surface area contributed by atoms with Gasteiger partial charge in [-0.25, -0.2) is 9.97 Å². The molecule has 1 atom stereocenters. The number of aryl methyl sites for hydroxylation is 2. The summed E-state index contributed by atoms with van der Waals surface area (Å²) < 4.78 is 0. The van der Waals surface area contributed by atoms with Crippen LogP contribution in [0.5, 0.6) is 0 Å². The second-order valence-corrected chi connectivity index (χ2v) is 8.26. The van der Waals surface area contributed by atoms with E-state index in [4.69, 9.17) is 0 Å². The van der Waals surface area contributed by atoms with Gasteiger partial charge in [-0.2, -0.15) is 0 Å². The summed E-state index contributed by atoms with van der Waals surface area (Å²) in [6, 6.07) is 1.08. The van der Waals surface area contributed by atoms with Gasteiger partial charge in [0.05, 0.1) is 5.92 Å². The highest BCUT2D eigenvalue weighted by Gasteiger charge is 2.34. The standard InChI is InChI=1S/C20H31N5O/c1-14-12-21-15(2)22-19(14)24-10-7-18(8-11-24)25-9-3-4-16(13-25)20(26)23-17-5-6-17/h12,16-18H,3-11,13H2,1-2H3,(H,23,26). The van der Waals surface area contributed by atoms with E-state index in [0.717, 1.165) is 69.1 Å². The van der Waals surface area contributed by atoms with Crippen LogP contribution in [0.15, 0.2) is 6.20 Å². The summed E-state index contributed by atoms with van der Waals surface area (Å²) >= 11 is 0. The van der Waals surface area contributed by atoms with Crippen molar-refractivity contribution in [2.24, 2.45) is 5.92 Å². The lowest BCUT2D eigenvalue weighted by molar-refractivity contribution is -0.127. The second-order valence-electron chi connectivity index (χ2n) is 8.26. The van der Waals surface area contributed by atoms with Crippen molar-refractivity contribution in [3.05, 3.63) is 17.6 Å². The molecule has 1 aliphatic carbocycles. The van der Waals surface area contributed by atoms with Crippen LogP contribution in [0.1, 0.15) is 49.9 Å². The minimum absolute atomic E-state index is 0.189. The minimum Gasteiger partial charge on any atom is -0.356 e. The van der Waals surface area contributed by atoms with Gasteiger partial charge in [-0.15, -0.1) is 0 Å². The Balaban J connectivity index is 1.32. The summed E-state index contributed by atoms with van der Waals surface area (Å²) in [4.78, 5) is 26.3. The molecule has 1 amide bonds. The molecule has 142 valence electrons. The van der Waals surface area contributed by atoms with Crippen molar-refractivity contribution in [3.63, 3.8) is 0 Å². The van der Waals surface area contributed by atoms with Gasteiger partial charge in [-0.05, 0) is 58.9 Å². The van der Waals surface area contributed by atoms with Crippen molar-refractivity contribution in [1.82, 2.24) is 20.2 Å². The number of aromatic nitrogens is 2. The van der Waals surface area contributed by atoms with Gasteiger partial charge < -0.3 is 10.2 Å². The van der Waals surface area contributed by atoms with E-state index in [0.29, 0.717) is 18.0 Å². The zero-order valence-corrected chi connectivity index (χ0v) is 16.1. The maximum Gasteiger partial charge on any atom is 0.224 e. The maximum atomic E-state index is 12.4. The SMILES string of the molecule is Cc1ncc(C)c(N2CCC(N3CCCC(C(=O)NC4CC4)C3)CC2)n1. The quantitative estimate of drug-likeness (QED) is 0.894. The van der Waals surface area contributed by atoms with E-state index in [2.05, 4.69) is 32.0 Å². The van der Waals surface area contributed by atoms with Crippen LogP contribution in [0.2, 0.25) is 0 Å². The fourth-order valence-electron chi connectivity index (χ4n) is 4.38. The van der Waals surface area contributed by atoms with Crippen LogP contribution in [0.3, 0.4) is 0 Å². The molecule has 1 N–H and O–H groups in total. The van der Waals surface area contributed by atoms with Crippen LogP contribution >= 0.6 is 0 Å². The van der Waals surface area contributed by atoms with E-state index in [1.165, 1.54) is 12.8 Å². The van der Waals surface area contributed by atoms with Crippen molar-refractivity contribution in [3.8, 4) is 0 Å². The van der Waals surface area contributed by atoms with E-state index >= 15 is 0 Å². The topological polar surface area (TPSA) is 61.4 Å². The van der Waals surface area contributed by atoms with Gasteiger partial charge >= 0.3 is 0 Å². The molecular formula is C20H31N5O. The van der Waals surface area contributed by atoms with Crippen LogP contribution in [0.25, 0.3) is 0 Å². The summed E-state index contributed by atoms with van der Waals surface area (Å²) in [6.07, 6.45) is 8.77. The molecule has 6 heteroatoms. The molecule has 1 unspecified atom stereocenters. The van der Waals surface area contributed by atoms with Crippen LogP contribution < -0.4 is 10.2 Å². The highest BCUT2D eigenvalue weighted by atomic mass is 16.2. The molecule has 3 aliphatic rings. The van der Waals surface area contributed by atoms with Crippen molar-refractivity contribution >= 4 is 11.7 Å². The van der Waals surface area contributed by atoms with E-state index in [-0.39, 0.29) is 5.92 Å². The summed E-state index contributed by atoms with van der Waals surface area (Å²) in [5, 5.41) is 3.20. The zero-order chi connectivity index (χ0) is 18.1. The fourth-order valence-corrected chi connectivity index (χ4v) is 4.38. The Hall–Kier alpha value is -1.69. The highest BCUT2D eigenvalue weighted by Crippen LogP contribution is 2.28. The predicted molar refractivity (Wildman–Crippen MR) is 102 cm³/mol. The Bertz CT molecular complexity index is 652. The number of hydrogen-bond donors (Lipinski definition) is 1. The first-order valence-corrected chi connectivity index (χ1v) is 10.2. The molecule has 0 radical (unpaired) electrons. The van der Waals surface area contributed by atoms with Gasteiger partial charge in [-0.1, -0.05) is 0 Å². The number of hydrogen-bond acceptors (Lipinski definition) is 5. The Kier molecular flexibility index (Phi) is 5.11. The maximum absolute atomic E-state index is 12.4. The molecule has 4 rings (SSSR count). The zero-order valence-electron chi connectivity index (χ0n) is 16.1. The lowest BCUT2D eigenvalue weighted by atomic mass is 9.93. The number of piperidine rings is 2. The van der Waals surface area contributed by atoms with Gasteiger partial charge in [0, 0.05) is 43.5 Å². The van der Waals surface area contributed by atoms with Crippen LogP contribution in [-0.4, -0.2) is 59.0 Å². The van der Waals surface area contributed by atoms with Crippen molar-refractivity contribution < 1.29 is 4.79 Å². The third-order valence-electron chi connectivity index (χ3n) is 6.09. The number of nitrogens with one attached hydrogen (secondary N) is 1. The Morgan fingerprint density at radius 1 is 1.12 bits per heavy atom. The van der Waals surface area contributed by atoms with Crippen molar-refractivity contribution in [2.75, 3.05) is 31.1 Å². The van der Waals surface area contributed by atoms with Gasteiger partial charge in [0.15, 0.2) is 0 Å². The van der Waals surface area contributed by atoms with Gasteiger partial charge in [-0.3, -0.25) is 9.69 Å². The van der Waals surface area contributed by atoms with E-state index in [1.807, 2.05) is 13.1 Å². The predicted octanol–water partition coefficient (Wildman–Crippen LogP) is 2.05. The van der Waals surface area contributed by atoms with E-state index in [1.54, 1.807) is 0 Å². The number of rotatable bonds is 4. The number of nitrogens with zero attached hydrogens (tertiary/aromatic N) is 4. The molecule has 2 aliphatic heterocycles. The average Bonchev–Trinajstić information content (AvgIpc) is 3.48. The Labute approximate surface area is 156 Å². The van der Waals surface area contributed by atoms with Gasteiger partial charge in [0.1, 0.15) is 11.6 Å². The van der Waals surface area contributed by atoms with Gasteiger partial charge in [0.2, 0.25) is 5.91 Å². The average molecular weight is 358 g/mol. The molecule has 0 bridgehead atoms. The third kappa shape index (κ3) is 4.00. The monoisotopic (exact) mass is 357 g/mol. The fraction of sp³-hybridized carbons (Fsp3) is 0.750. The second kappa shape index (κ2) is 7.51. The number of likely N-dealkylation sites (tertiary alicyclic amines) is 1. The van der Waals surface area contributed by atoms with Crippen LogP contribution in [0.4, 0.5) is 5.82 Å². The number of carbonyl (C=O) groups is 1. The third-order valence-corrected chi connectivity index (χ3v) is 6.09. The first kappa shape index (κ1) is 17.7. The molecule has 26 heavy (non-hydrogen) atoms. The van der Waals surface area contributed by atoms with Crippen molar-refractivity contribution in [1.29, 1.82) is 0 Å². The molecule has 3 heterocycles. The minimum atomic E-state index is 0.189. The van der Waals surface area contributed by atoms with E-state index in [9.17, 15) is 4.79 Å². The summed E-state index contributed by atoms with van der Waals surface area (Å²) in [5.74, 6) is 2.42. The Morgan fingerprint density at radius 2 is 1.88 bits per heavy atom. The van der Waals surface area contributed by atoms with Gasteiger partial charge in [0.25, 0.3) is 0 Å². The number of anilines is 1. The Morgan fingerprint density at radius 3 is 2.62 bits per heavy atom. The van der Waals surface area contributed by atoms with Crippen molar-refractivity contribution in [2.45, 2.75) is 64.5 Å². The molecule has 1 saturated carbocycles. The largest absolute Gasteiger partial charge is 0.356 e. The molecule has 2 saturated heterocycles. The summed E-state index contributed by atoms with van der Waals surface area (Å²) in [6.45, 7) is 8.21. The molecule has 3 fully saturated rings. The molecule has 0 spiro atoms. The smallest absolute Gasteiger partial charge is 0.224 e. The molecular weight excluding hydrogens is 326 g/mol.